The van der Waals surface area contributed by atoms with Gasteiger partial charge in [-0.2, -0.15) is 5.10 Å². The average molecular weight is 302 g/mol. The van der Waals surface area contributed by atoms with Crippen LogP contribution in [0.2, 0.25) is 0 Å². The van der Waals surface area contributed by atoms with Crippen LogP contribution in [0.15, 0.2) is 67.3 Å². The lowest BCUT2D eigenvalue weighted by molar-refractivity contribution is 0.969. The fraction of sp³-hybridized carbons (Fsp3) is 0.0588. The molecule has 0 fully saturated rings. The van der Waals surface area contributed by atoms with Gasteiger partial charge in [0, 0.05) is 24.5 Å². The number of aromatic nitrogens is 5. The summed E-state index contributed by atoms with van der Waals surface area (Å²) in [5.74, 6) is 0.629. The summed E-state index contributed by atoms with van der Waals surface area (Å²) in [5.41, 5.74) is 4.12. The zero-order valence-corrected chi connectivity index (χ0v) is 12.3. The van der Waals surface area contributed by atoms with Crippen LogP contribution in [0.25, 0.3) is 16.9 Å². The third-order valence-electron chi connectivity index (χ3n) is 3.57. The van der Waals surface area contributed by atoms with Crippen LogP contribution in [0.3, 0.4) is 0 Å². The maximum atomic E-state index is 4.27. The minimum absolute atomic E-state index is 0.629. The van der Waals surface area contributed by atoms with Crippen molar-refractivity contribution in [1.82, 2.24) is 24.6 Å². The highest BCUT2D eigenvalue weighted by Crippen LogP contribution is 2.20. The van der Waals surface area contributed by atoms with Crippen molar-refractivity contribution in [3.63, 3.8) is 0 Å². The Bertz CT molecular complexity index is 915. The number of hydrogen-bond acceptors (Lipinski definition) is 5. The molecule has 0 aliphatic carbocycles. The quantitative estimate of drug-likeness (QED) is 0.628. The predicted molar refractivity (Wildman–Crippen MR) is 87.8 cm³/mol. The molecule has 0 amide bonds. The van der Waals surface area contributed by atoms with Crippen LogP contribution in [0.5, 0.6) is 0 Å². The summed E-state index contributed by atoms with van der Waals surface area (Å²) in [7, 11) is 0. The molecular formula is C17H14N6. The Hall–Kier alpha value is -3.28. The summed E-state index contributed by atoms with van der Waals surface area (Å²) >= 11 is 0. The van der Waals surface area contributed by atoms with Crippen molar-refractivity contribution in [2.45, 2.75) is 6.54 Å². The van der Waals surface area contributed by atoms with E-state index in [2.05, 4.69) is 49.6 Å². The molecule has 3 heterocycles. The Balaban J connectivity index is 1.55. The summed E-state index contributed by atoms with van der Waals surface area (Å²) < 4.78 is 1.84. The standard InChI is InChI=1S/C17H14N6/c1-3-15(23-16(4-1)21-12-22-23)14-7-5-13(6-8-14)11-20-17-18-9-2-10-19-17/h1-10,12H,11H2,(H,18,19,20). The van der Waals surface area contributed by atoms with Gasteiger partial charge in [-0.25, -0.2) is 19.5 Å². The number of fused-ring (bicyclic) bond motifs is 1. The maximum Gasteiger partial charge on any atom is 0.222 e. The van der Waals surface area contributed by atoms with Gasteiger partial charge in [0.1, 0.15) is 6.33 Å². The average Bonchev–Trinajstić information content (AvgIpc) is 3.10. The van der Waals surface area contributed by atoms with Crippen molar-refractivity contribution < 1.29 is 0 Å². The van der Waals surface area contributed by atoms with Crippen molar-refractivity contribution in [3.05, 3.63) is 72.8 Å². The van der Waals surface area contributed by atoms with Gasteiger partial charge in [-0.1, -0.05) is 30.3 Å². The topological polar surface area (TPSA) is 68.0 Å². The zero-order chi connectivity index (χ0) is 15.5. The first-order chi connectivity index (χ1) is 11.4. The van der Waals surface area contributed by atoms with Crippen LogP contribution >= 0.6 is 0 Å². The van der Waals surface area contributed by atoms with Crippen LogP contribution in [0, 0.1) is 0 Å². The number of hydrogen-bond donors (Lipinski definition) is 1. The summed E-state index contributed by atoms with van der Waals surface area (Å²) in [5, 5.41) is 7.47. The molecule has 3 aromatic heterocycles. The van der Waals surface area contributed by atoms with E-state index in [0.29, 0.717) is 12.5 Å². The SMILES string of the molecule is c1cnc(NCc2ccc(-c3cccc4ncnn34)cc2)nc1. The minimum Gasteiger partial charge on any atom is -0.350 e. The van der Waals surface area contributed by atoms with Gasteiger partial charge in [0.15, 0.2) is 5.65 Å². The van der Waals surface area contributed by atoms with Crippen molar-refractivity contribution in [2.24, 2.45) is 0 Å². The van der Waals surface area contributed by atoms with Crippen molar-refractivity contribution in [1.29, 1.82) is 0 Å². The van der Waals surface area contributed by atoms with Gasteiger partial charge in [-0.3, -0.25) is 0 Å². The Morgan fingerprint density at radius 2 is 1.70 bits per heavy atom. The number of benzene rings is 1. The molecule has 1 aromatic carbocycles. The Labute approximate surface area is 132 Å². The second-order valence-corrected chi connectivity index (χ2v) is 5.06. The number of rotatable bonds is 4. The van der Waals surface area contributed by atoms with E-state index in [1.54, 1.807) is 24.8 Å². The molecule has 4 rings (SSSR count). The lowest BCUT2D eigenvalue weighted by atomic mass is 10.1. The highest BCUT2D eigenvalue weighted by Gasteiger charge is 2.05. The summed E-state index contributed by atoms with van der Waals surface area (Å²) in [6.07, 6.45) is 5.01. The van der Waals surface area contributed by atoms with Gasteiger partial charge in [0.2, 0.25) is 5.95 Å². The van der Waals surface area contributed by atoms with Crippen LogP contribution in [-0.2, 0) is 6.54 Å². The van der Waals surface area contributed by atoms with Crippen LogP contribution in [-0.4, -0.2) is 24.6 Å². The first-order valence-corrected chi connectivity index (χ1v) is 7.29. The molecule has 0 spiro atoms. The van der Waals surface area contributed by atoms with E-state index in [1.807, 2.05) is 22.7 Å². The van der Waals surface area contributed by atoms with Gasteiger partial charge in [-0.05, 0) is 23.8 Å². The molecule has 112 valence electrons. The first-order valence-electron chi connectivity index (χ1n) is 7.29. The van der Waals surface area contributed by atoms with E-state index in [-0.39, 0.29) is 0 Å². The van der Waals surface area contributed by atoms with E-state index in [0.717, 1.165) is 22.5 Å². The lowest BCUT2D eigenvalue weighted by Gasteiger charge is -2.07. The highest BCUT2D eigenvalue weighted by atomic mass is 15.3. The molecular weight excluding hydrogens is 288 g/mol. The number of nitrogens with one attached hydrogen (secondary N) is 1. The Morgan fingerprint density at radius 1 is 0.870 bits per heavy atom. The van der Waals surface area contributed by atoms with E-state index in [1.165, 1.54) is 0 Å². The monoisotopic (exact) mass is 302 g/mol. The molecule has 0 aliphatic rings. The van der Waals surface area contributed by atoms with Gasteiger partial charge in [0.25, 0.3) is 0 Å². The Morgan fingerprint density at radius 3 is 2.52 bits per heavy atom. The van der Waals surface area contributed by atoms with E-state index in [9.17, 15) is 0 Å². The zero-order valence-electron chi connectivity index (χ0n) is 12.3. The fourth-order valence-corrected chi connectivity index (χ4v) is 2.43. The molecule has 6 nitrogen and oxygen atoms in total. The molecule has 0 atom stereocenters. The molecule has 0 radical (unpaired) electrons. The second-order valence-electron chi connectivity index (χ2n) is 5.06. The highest BCUT2D eigenvalue weighted by molar-refractivity contribution is 5.63. The van der Waals surface area contributed by atoms with Crippen LogP contribution in [0.4, 0.5) is 5.95 Å². The molecule has 0 aliphatic heterocycles. The number of anilines is 1. The van der Waals surface area contributed by atoms with Crippen molar-refractivity contribution in [3.8, 4) is 11.3 Å². The summed E-state index contributed by atoms with van der Waals surface area (Å²) in [6.45, 7) is 0.678. The fourth-order valence-electron chi connectivity index (χ4n) is 2.43. The van der Waals surface area contributed by atoms with Crippen LogP contribution in [0.1, 0.15) is 5.56 Å². The van der Waals surface area contributed by atoms with Gasteiger partial charge >= 0.3 is 0 Å². The number of pyridine rings is 1. The van der Waals surface area contributed by atoms with Gasteiger partial charge < -0.3 is 5.32 Å². The molecule has 4 aromatic rings. The summed E-state index contributed by atoms with van der Waals surface area (Å²) in [4.78, 5) is 12.5. The van der Waals surface area contributed by atoms with Crippen LogP contribution < -0.4 is 5.32 Å². The van der Waals surface area contributed by atoms with E-state index >= 15 is 0 Å². The summed E-state index contributed by atoms with van der Waals surface area (Å²) in [6, 6.07) is 16.1. The molecule has 0 bridgehead atoms. The third kappa shape index (κ3) is 2.74. The second kappa shape index (κ2) is 5.84. The largest absolute Gasteiger partial charge is 0.350 e. The number of nitrogens with zero attached hydrogens (tertiary/aromatic N) is 5. The maximum absolute atomic E-state index is 4.27. The molecule has 23 heavy (non-hydrogen) atoms. The predicted octanol–water partition coefficient (Wildman–Crippen LogP) is 2.80. The molecule has 6 heteroatoms. The van der Waals surface area contributed by atoms with Gasteiger partial charge in [0.05, 0.1) is 5.69 Å². The van der Waals surface area contributed by atoms with Crippen molar-refractivity contribution in [2.75, 3.05) is 5.32 Å². The third-order valence-corrected chi connectivity index (χ3v) is 3.57. The Kier molecular flexibility index (Phi) is 3.40. The van der Waals surface area contributed by atoms with E-state index < -0.39 is 0 Å². The first kappa shape index (κ1) is 13.4. The normalized spacial score (nSPS) is 10.8. The van der Waals surface area contributed by atoms with Gasteiger partial charge in [-0.15, -0.1) is 0 Å². The van der Waals surface area contributed by atoms with E-state index in [4.69, 9.17) is 0 Å². The minimum atomic E-state index is 0.629. The molecule has 0 saturated heterocycles. The smallest absolute Gasteiger partial charge is 0.222 e. The molecule has 0 saturated carbocycles. The molecule has 0 unspecified atom stereocenters. The van der Waals surface area contributed by atoms with Crippen molar-refractivity contribution >= 4 is 11.6 Å². The molecule has 1 N–H and O–H groups in total. The lowest BCUT2D eigenvalue weighted by Crippen LogP contribution is -2.02.